The van der Waals surface area contributed by atoms with Crippen LogP contribution in [-0.4, -0.2) is 26.8 Å². The molecule has 0 fully saturated rings. The second-order valence-corrected chi connectivity index (χ2v) is 4.47. The quantitative estimate of drug-likeness (QED) is 0.892. The average molecular weight is 263 g/mol. The Morgan fingerprint density at radius 1 is 1.42 bits per heavy atom. The highest BCUT2D eigenvalue weighted by molar-refractivity contribution is 5.60. The summed E-state index contributed by atoms with van der Waals surface area (Å²) in [6.07, 6.45) is 2.68. The van der Waals surface area contributed by atoms with Crippen LogP contribution in [-0.2, 0) is 4.74 Å². The number of nitrogens with zero attached hydrogens (tertiary/aromatic N) is 3. The summed E-state index contributed by atoms with van der Waals surface area (Å²) >= 11 is 0. The number of aromatic hydroxyl groups is 1. The predicted octanol–water partition coefficient (Wildman–Crippen LogP) is 2.57. The van der Waals surface area contributed by atoms with Gasteiger partial charge >= 0.3 is 0 Å². The summed E-state index contributed by atoms with van der Waals surface area (Å²) in [5, 5.41) is 13.6. The first kappa shape index (κ1) is 13.5. The molecule has 0 saturated heterocycles. The first-order chi connectivity index (χ1) is 9.13. The molecule has 2 heterocycles. The number of rotatable bonds is 5. The molecule has 2 rings (SSSR count). The topological polar surface area (TPSA) is 81.3 Å². The summed E-state index contributed by atoms with van der Waals surface area (Å²) in [5.74, 6) is 0.995. The standard InChI is InChI=1S/C13H17N3O3/c1-4-18-11(8(2)3)12-15-13(19-16-12)9-5-6-14-7-10(9)17/h5-8,11,17H,4H2,1-3H3. The van der Waals surface area contributed by atoms with Crippen LogP contribution in [0.2, 0.25) is 0 Å². The van der Waals surface area contributed by atoms with Crippen molar-refractivity contribution in [3.05, 3.63) is 24.3 Å². The maximum atomic E-state index is 9.70. The van der Waals surface area contributed by atoms with Gasteiger partial charge < -0.3 is 14.4 Å². The van der Waals surface area contributed by atoms with E-state index in [1.54, 1.807) is 12.3 Å². The third-order valence-electron chi connectivity index (χ3n) is 2.68. The summed E-state index contributed by atoms with van der Waals surface area (Å²) in [4.78, 5) is 8.10. The minimum atomic E-state index is -0.216. The molecular formula is C13H17N3O3. The second kappa shape index (κ2) is 5.79. The molecule has 0 aliphatic heterocycles. The molecule has 6 nitrogen and oxygen atoms in total. The monoisotopic (exact) mass is 263 g/mol. The lowest BCUT2D eigenvalue weighted by atomic mass is 10.1. The van der Waals surface area contributed by atoms with Gasteiger partial charge in [-0.05, 0) is 18.9 Å². The Kier molecular flexibility index (Phi) is 4.11. The number of hydrogen-bond acceptors (Lipinski definition) is 6. The first-order valence-electron chi connectivity index (χ1n) is 6.22. The number of ether oxygens (including phenoxy) is 1. The third-order valence-corrected chi connectivity index (χ3v) is 2.68. The van der Waals surface area contributed by atoms with E-state index in [0.29, 0.717) is 18.0 Å². The zero-order valence-corrected chi connectivity index (χ0v) is 11.2. The van der Waals surface area contributed by atoms with Gasteiger partial charge in [-0.3, -0.25) is 4.98 Å². The molecule has 0 aliphatic carbocycles. The molecule has 102 valence electrons. The predicted molar refractivity (Wildman–Crippen MR) is 68.4 cm³/mol. The van der Waals surface area contributed by atoms with Crippen LogP contribution >= 0.6 is 0 Å². The molecule has 0 aliphatic rings. The van der Waals surface area contributed by atoms with Gasteiger partial charge in [0.05, 0.1) is 11.8 Å². The van der Waals surface area contributed by atoms with Gasteiger partial charge in [-0.25, -0.2) is 0 Å². The minimum absolute atomic E-state index is 0.00945. The van der Waals surface area contributed by atoms with Crippen molar-refractivity contribution in [2.75, 3.05) is 6.61 Å². The molecule has 0 amide bonds. The Balaban J connectivity index is 2.30. The van der Waals surface area contributed by atoms with E-state index in [-0.39, 0.29) is 23.7 Å². The van der Waals surface area contributed by atoms with Gasteiger partial charge in [0, 0.05) is 12.8 Å². The zero-order chi connectivity index (χ0) is 13.8. The van der Waals surface area contributed by atoms with Crippen molar-refractivity contribution in [3.63, 3.8) is 0 Å². The zero-order valence-electron chi connectivity index (χ0n) is 11.2. The largest absolute Gasteiger partial charge is 0.505 e. The van der Waals surface area contributed by atoms with Crippen molar-refractivity contribution in [3.8, 4) is 17.2 Å². The average Bonchev–Trinajstić information content (AvgIpc) is 2.85. The van der Waals surface area contributed by atoms with Crippen molar-refractivity contribution in [2.45, 2.75) is 26.9 Å². The molecule has 1 unspecified atom stereocenters. The van der Waals surface area contributed by atoms with E-state index in [1.807, 2.05) is 20.8 Å². The maximum absolute atomic E-state index is 9.70. The van der Waals surface area contributed by atoms with Gasteiger partial charge in [0.15, 0.2) is 0 Å². The van der Waals surface area contributed by atoms with Gasteiger partial charge in [0.25, 0.3) is 5.89 Å². The molecule has 0 saturated carbocycles. The van der Waals surface area contributed by atoms with Gasteiger partial charge in [-0.2, -0.15) is 4.98 Å². The van der Waals surface area contributed by atoms with Gasteiger partial charge in [-0.15, -0.1) is 0 Å². The highest BCUT2D eigenvalue weighted by atomic mass is 16.5. The Hall–Kier alpha value is -1.95. The first-order valence-corrected chi connectivity index (χ1v) is 6.22. The van der Waals surface area contributed by atoms with Gasteiger partial charge in [0.1, 0.15) is 11.9 Å². The fourth-order valence-corrected chi connectivity index (χ4v) is 1.77. The van der Waals surface area contributed by atoms with Crippen molar-refractivity contribution >= 4 is 0 Å². The molecule has 2 aromatic heterocycles. The highest BCUT2D eigenvalue weighted by Crippen LogP contribution is 2.29. The number of pyridine rings is 1. The van der Waals surface area contributed by atoms with Gasteiger partial charge in [0.2, 0.25) is 5.82 Å². The molecule has 0 aromatic carbocycles. The fourth-order valence-electron chi connectivity index (χ4n) is 1.77. The van der Waals surface area contributed by atoms with Crippen molar-refractivity contribution in [1.29, 1.82) is 0 Å². The van der Waals surface area contributed by atoms with Crippen LogP contribution in [0.25, 0.3) is 11.5 Å². The van der Waals surface area contributed by atoms with E-state index >= 15 is 0 Å². The molecule has 2 aromatic rings. The van der Waals surface area contributed by atoms with Crippen LogP contribution in [0.4, 0.5) is 0 Å². The van der Waals surface area contributed by atoms with Crippen LogP contribution in [0.3, 0.4) is 0 Å². The number of aromatic nitrogens is 3. The maximum Gasteiger partial charge on any atom is 0.261 e. The molecule has 19 heavy (non-hydrogen) atoms. The summed E-state index contributed by atoms with van der Waals surface area (Å²) in [6, 6.07) is 1.62. The fraction of sp³-hybridized carbons (Fsp3) is 0.462. The minimum Gasteiger partial charge on any atom is -0.505 e. The van der Waals surface area contributed by atoms with Crippen LogP contribution in [0.15, 0.2) is 23.0 Å². The Bertz CT molecular complexity index is 539. The molecule has 0 radical (unpaired) electrons. The van der Waals surface area contributed by atoms with Crippen LogP contribution in [0.5, 0.6) is 5.75 Å². The van der Waals surface area contributed by atoms with Crippen LogP contribution in [0.1, 0.15) is 32.7 Å². The van der Waals surface area contributed by atoms with Crippen molar-refractivity contribution < 1.29 is 14.4 Å². The van der Waals surface area contributed by atoms with Crippen LogP contribution in [0, 0.1) is 5.92 Å². The highest BCUT2D eigenvalue weighted by Gasteiger charge is 2.23. The van der Waals surface area contributed by atoms with E-state index < -0.39 is 0 Å². The summed E-state index contributed by atoms with van der Waals surface area (Å²) in [6.45, 7) is 6.55. The smallest absolute Gasteiger partial charge is 0.261 e. The lowest BCUT2D eigenvalue weighted by molar-refractivity contribution is 0.0217. The van der Waals surface area contributed by atoms with E-state index in [9.17, 15) is 5.11 Å². The Morgan fingerprint density at radius 3 is 2.84 bits per heavy atom. The SMILES string of the molecule is CCOC(c1noc(-c2ccncc2O)n1)C(C)C. The van der Waals surface area contributed by atoms with Gasteiger partial charge in [-0.1, -0.05) is 19.0 Å². The Labute approximate surface area is 111 Å². The molecule has 0 spiro atoms. The second-order valence-electron chi connectivity index (χ2n) is 4.47. The molecular weight excluding hydrogens is 246 g/mol. The molecule has 6 heteroatoms. The molecule has 1 N–H and O–H groups in total. The normalized spacial score (nSPS) is 12.8. The van der Waals surface area contributed by atoms with Crippen molar-refractivity contribution in [2.24, 2.45) is 5.92 Å². The lowest BCUT2D eigenvalue weighted by Crippen LogP contribution is -2.12. The number of hydrogen-bond donors (Lipinski definition) is 1. The lowest BCUT2D eigenvalue weighted by Gasteiger charge is -2.16. The van der Waals surface area contributed by atoms with E-state index in [2.05, 4.69) is 15.1 Å². The third kappa shape index (κ3) is 2.90. The Morgan fingerprint density at radius 2 is 2.21 bits per heavy atom. The van der Waals surface area contributed by atoms with E-state index in [0.717, 1.165) is 0 Å². The summed E-state index contributed by atoms with van der Waals surface area (Å²) < 4.78 is 10.8. The van der Waals surface area contributed by atoms with E-state index in [1.165, 1.54) is 6.20 Å². The molecule has 0 bridgehead atoms. The van der Waals surface area contributed by atoms with E-state index in [4.69, 9.17) is 9.26 Å². The summed E-state index contributed by atoms with van der Waals surface area (Å²) in [5.41, 5.74) is 0.466. The summed E-state index contributed by atoms with van der Waals surface area (Å²) in [7, 11) is 0. The van der Waals surface area contributed by atoms with Crippen LogP contribution < -0.4 is 0 Å². The molecule has 1 atom stereocenters. The van der Waals surface area contributed by atoms with Crippen molar-refractivity contribution in [1.82, 2.24) is 15.1 Å².